The normalized spacial score (nSPS) is 14.5. The number of rotatable bonds is 7. The molecule has 0 spiro atoms. The highest BCUT2D eigenvalue weighted by Gasteiger charge is 2.25. The van der Waals surface area contributed by atoms with Crippen molar-refractivity contribution < 1.29 is 0 Å². The van der Waals surface area contributed by atoms with E-state index in [0.717, 1.165) is 44.0 Å². The lowest BCUT2D eigenvalue weighted by Gasteiger charge is -2.39. The zero-order valence-corrected chi connectivity index (χ0v) is 22.0. The number of hydrogen-bond donors (Lipinski definition) is 0. The number of hydrogen-bond acceptors (Lipinski definition) is 5. The molecule has 8 heteroatoms. The molecule has 4 aromatic rings. The van der Waals surface area contributed by atoms with Crippen LogP contribution in [-0.4, -0.2) is 62.3 Å². The molecule has 1 fully saturated rings. The molecular formula is C28H32Cl2N6. The van der Waals surface area contributed by atoms with Gasteiger partial charge in [-0.1, -0.05) is 72.8 Å². The minimum absolute atomic E-state index is 0. The van der Waals surface area contributed by atoms with Crippen molar-refractivity contribution in [1.29, 1.82) is 0 Å². The van der Waals surface area contributed by atoms with Crippen LogP contribution in [0.5, 0.6) is 0 Å². The molecule has 1 saturated heterocycles. The molecule has 0 radical (unpaired) electrons. The summed E-state index contributed by atoms with van der Waals surface area (Å²) < 4.78 is 1.78. The molecule has 0 N–H and O–H groups in total. The molecule has 2 aromatic carbocycles. The molecule has 0 bridgehead atoms. The Balaban J connectivity index is 0.00000180. The van der Waals surface area contributed by atoms with Crippen molar-refractivity contribution in [2.24, 2.45) is 0 Å². The van der Waals surface area contributed by atoms with Gasteiger partial charge in [-0.3, -0.25) is 9.80 Å². The van der Waals surface area contributed by atoms with E-state index in [-0.39, 0.29) is 24.8 Å². The van der Waals surface area contributed by atoms with E-state index in [1.165, 1.54) is 11.1 Å². The first kappa shape index (κ1) is 27.6. The minimum atomic E-state index is 0. The molecule has 6 nitrogen and oxygen atoms in total. The summed E-state index contributed by atoms with van der Waals surface area (Å²) in [5.74, 6) is 0.599. The molecule has 0 amide bonds. The van der Waals surface area contributed by atoms with E-state index in [4.69, 9.17) is 0 Å². The average Bonchev–Trinajstić information content (AvgIpc) is 3.27. The summed E-state index contributed by atoms with van der Waals surface area (Å²) >= 11 is 0. The van der Waals surface area contributed by atoms with E-state index in [0.29, 0.717) is 12.0 Å². The largest absolute Gasteiger partial charge is 0.297 e. The molecular weight excluding hydrogens is 491 g/mol. The van der Waals surface area contributed by atoms with Crippen LogP contribution in [0.4, 0.5) is 0 Å². The topological polar surface area (TPSA) is 50.1 Å². The monoisotopic (exact) mass is 522 g/mol. The number of nitrogens with zero attached hydrogens (tertiary/aromatic N) is 6. The van der Waals surface area contributed by atoms with Crippen LogP contribution in [0.15, 0.2) is 91.4 Å². The Hall–Kier alpha value is -3.03. The predicted molar refractivity (Wildman–Crippen MR) is 150 cm³/mol. The SMILES string of the molecule is Cc1c(C=CCN2CCN(C(c3ccccc3)c3ccccc3)CC2)cnn1-c1ncccn1.Cl.Cl. The fourth-order valence-electron chi connectivity index (χ4n) is 4.61. The summed E-state index contributed by atoms with van der Waals surface area (Å²) in [4.78, 5) is 13.7. The fourth-order valence-corrected chi connectivity index (χ4v) is 4.61. The second kappa shape index (κ2) is 13.3. The maximum Gasteiger partial charge on any atom is 0.250 e. The zero-order chi connectivity index (χ0) is 23.2. The highest BCUT2D eigenvalue weighted by atomic mass is 35.5. The van der Waals surface area contributed by atoms with Crippen molar-refractivity contribution in [2.75, 3.05) is 32.7 Å². The summed E-state index contributed by atoms with van der Waals surface area (Å²) in [5, 5.41) is 4.46. The second-order valence-corrected chi connectivity index (χ2v) is 8.61. The first-order valence-electron chi connectivity index (χ1n) is 11.8. The van der Waals surface area contributed by atoms with Gasteiger partial charge in [0.25, 0.3) is 5.95 Å². The summed E-state index contributed by atoms with van der Waals surface area (Å²) in [6, 6.07) is 23.8. The van der Waals surface area contributed by atoms with Crippen LogP contribution in [-0.2, 0) is 0 Å². The lowest BCUT2D eigenvalue weighted by atomic mass is 9.96. The Morgan fingerprint density at radius 1 is 0.806 bits per heavy atom. The molecule has 1 aliphatic rings. The average molecular weight is 524 g/mol. The van der Waals surface area contributed by atoms with Crippen molar-refractivity contribution in [2.45, 2.75) is 13.0 Å². The maximum absolute atomic E-state index is 4.46. The van der Waals surface area contributed by atoms with Crippen LogP contribution >= 0.6 is 24.8 Å². The summed E-state index contributed by atoms with van der Waals surface area (Å²) in [6.07, 6.45) is 9.74. The van der Waals surface area contributed by atoms with Crippen LogP contribution in [0.3, 0.4) is 0 Å². The van der Waals surface area contributed by atoms with Gasteiger partial charge in [0.05, 0.1) is 17.9 Å². The molecule has 0 atom stereocenters. The van der Waals surface area contributed by atoms with Crippen molar-refractivity contribution in [3.63, 3.8) is 0 Å². The molecule has 36 heavy (non-hydrogen) atoms. The van der Waals surface area contributed by atoms with Crippen LogP contribution in [0.2, 0.25) is 0 Å². The van der Waals surface area contributed by atoms with Gasteiger partial charge in [0.1, 0.15) is 0 Å². The van der Waals surface area contributed by atoms with Gasteiger partial charge in [0, 0.05) is 50.7 Å². The van der Waals surface area contributed by atoms with Gasteiger partial charge >= 0.3 is 0 Å². The lowest BCUT2D eigenvalue weighted by molar-refractivity contribution is 0.118. The molecule has 5 rings (SSSR count). The second-order valence-electron chi connectivity index (χ2n) is 8.61. The highest BCUT2D eigenvalue weighted by Crippen LogP contribution is 2.29. The van der Waals surface area contributed by atoms with Crippen LogP contribution in [0.1, 0.15) is 28.4 Å². The molecule has 0 saturated carbocycles. The van der Waals surface area contributed by atoms with E-state index in [1.54, 1.807) is 17.1 Å². The summed E-state index contributed by atoms with van der Waals surface area (Å²) in [6.45, 7) is 7.18. The van der Waals surface area contributed by atoms with E-state index < -0.39 is 0 Å². The van der Waals surface area contributed by atoms with Gasteiger partial charge in [0.15, 0.2) is 0 Å². The lowest BCUT2D eigenvalue weighted by Crippen LogP contribution is -2.47. The third kappa shape index (κ3) is 6.39. The van der Waals surface area contributed by atoms with Crippen molar-refractivity contribution in [1.82, 2.24) is 29.5 Å². The summed E-state index contributed by atoms with van der Waals surface area (Å²) in [5.41, 5.74) is 4.86. The number of benzene rings is 2. The standard InChI is InChI=1S/C28H30N6.2ClH/c1-23-26(22-31-34(23)28-29-15-9-16-30-28)14-8-17-32-18-20-33(21-19-32)27(24-10-4-2-5-11-24)25-12-6-3-7-13-25;;/h2-16,22,27H,17-21H2,1H3;2*1H. The first-order valence-corrected chi connectivity index (χ1v) is 11.8. The Kier molecular flexibility index (Phi) is 10.2. The van der Waals surface area contributed by atoms with Gasteiger partial charge in [-0.15, -0.1) is 24.8 Å². The molecule has 1 aliphatic heterocycles. The van der Waals surface area contributed by atoms with Gasteiger partial charge < -0.3 is 0 Å². The van der Waals surface area contributed by atoms with Crippen LogP contribution in [0, 0.1) is 6.92 Å². The van der Waals surface area contributed by atoms with Gasteiger partial charge in [-0.05, 0) is 24.1 Å². The molecule has 3 heterocycles. The Morgan fingerprint density at radius 3 is 1.97 bits per heavy atom. The third-order valence-electron chi connectivity index (χ3n) is 6.45. The molecule has 188 valence electrons. The van der Waals surface area contributed by atoms with Crippen LogP contribution < -0.4 is 0 Å². The predicted octanol–water partition coefficient (Wildman–Crippen LogP) is 5.23. The number of aromatic nitrogens is 4. The van der Waals surface area contributed by atoms with Gasteiger partial charge in [0.2, 0.25) is 0 Å². The van der Waals surface area contributed by atoms with Crippen LogP contribution in [0.25, 0.3) is 12.0 Å². The Bertz CT molecular complexity index is 1170. The maximum atomic E-state index is 4.46. The molecule has 0 aliphatic carbocycles. The molecule has 2 aromatic heterocycles. The van der Waals surface area contributed by atoms with Crippen molar-refractivity contribution in [3.05, 3.63) is 114 Å². The Morgan fingerprint density at radius 2 is 1.39 bits per heavy atom. The quantitative estimate of drug-likeness (QED) is 0.332. The van der Waals surface area contributed by atoms with Crippen molar-refractivity contribution in [3.8, 4) is 5.95 Å². The third-order valence-corrected chi connectivity index (χ3v) is 6.45. The van der Waals surface area contributed by atoms with E-state index in [9.17, 15) is 0 Å². The van der Waals surface area contributed by atoms with E-state index in [2.05, 4.69) is 105 Å². The van der Waals surface area contributed by atoms with E-state index in [1.807, 2.05) is 12.3 Å². The highest BCUT2D eigenvalue weighted by molar-refractivity contribution is 5.85. The van der Waals surface area contributed by atoms with Gasteiger partial charge in [-0.2, -0.15) is 5.10 Å². The Labute approximate surface area is 225 Å². The fraction of sp³-hybridized carbons (Fsp3) is 0.250. The number of piperazine rings is 1. The zero-order valence-electron chi connectivity index (χ0n) is 20.4. The minimum Gasteiger partial charge on any atom is -0.297 e. The number of halogens is 2. The van der Waals surface area contributed by atoms with Gasteiger partial charge in [-0.25, -0.2) is 14.6 Å². The van der Waals surface area contributed by atoms with Crippen molar-refractivity contribution >= 4 is 30.9 Å². The molecule has 0 unspecified atom stereocenters. The van der Waals surface area contributed by atoms with E-state index >= 15 is 0 Å². The smallest absolute Gasteiger partial charge is 0.250 e. The summed E-state index contributed by atoms with van der Waals surface area (Å²) in [7, 11) is 0. The first-order chi connectivity index (χ1) is 16.8.